The molecule has 0 bridgehead atoms. The Kier molecular flexibility index (Phi) is 9.29. The first-order valence-electron chi connectivity index (χ1n) is 9.33. The second-order valence-corrected chi connectivity index (χ2v) is 6.44. The summed E-state index contributed by atoms with van der Waals surface area (Å²) in [6.45, 7) is 6.82. The molecule has 7 nitrogen and oxygen atoms in total. The smallest absolute Gasteiger partial charge is 0.191 e. The van der Waals surface area contributed by atoms with Crippen molar-refractivity contribution in [3.8, 4) is 0 Å². The van der Waals surface area contributed by atoms with Gasteiger partial charge in [-0.05, 0) is 31.9 Å². The number of imidazole rings is 1. The average Bonchev–Trinajstić information content (AvgIpc) is 3.27. The van der Waals surface area contributed by atoms with Crippen LogP contribution in [0.25, 0.3) is 11.0 Å². The third-order valence-electron chi connectivity index (χ3n) is 4.55. The van der Waals surface area contributed by atoms with Crippen LogP contribution in [0.15, 0.2) is 29.3 Å². The predicted octanol–water partition coefficient (Wildman–Crippen LogP) is 2.32. The highest BCUT2D eigenvalue weighted by molar-refractivity contribution is 14.0. The van der Waals surface area contributed by atoms with Crippen molar-refractivity contribution in [2.75, 3.05) is 40.0 Å². The van der Waals surface area contributed by atoms with Crippen molar-refractivity contribution in [2.24, 2.45) is 4.99 Å². The summed E-state index contributed by atoms with van der Waals surface area (Å²) < 4.78 is 13.3. The van der Waals surface area contributed by atoms with Crippen LogP contribution in [0.1, 0.15) is 18.7 Å². The summed E-state index contributed by atoms with van der Waals surface area (Å²) in [5.41, 5.74) is 2.21. The largest absolute Gasteiger partial charge is 0.379 e. The number of ether oxygens (including phenoxy) is 2. The van der Waals surface area contributed by atoms with Crippen LogP contribution in [0.2, 0.25) is 0 Å². The van der Waals surface area contributed by atoms with E-state index in [1.54, 1.807) is 7.05 Å². The number of benzene rings is 1. The van der Waals surface area contributed by atoms with Crippen molar-refractivity contribution in [3.05, 3.63) is 30.1 Å². The molecule has 1 aromatic heterocycles. The molecule has 1 fully saturated rings. The zero-order chi connectivity index (χ0) is 18.2. The monoisotopic (exact) mass is 487 g/mol. The molecule has 0 radical (unpaired) electrons. The predicted molar refractivity (Wildman–Crippen MR) is 119 cm³/mol. The summed E-state index contributed by atoms with van der Waals surface area (Å²) in [5.74, 6) is 1.85. The van der Waals surface area contributed by atoms with E-state index in [0.717, 1.165) is 69.6 Å². The molecular formula is C19H30IN5O2. The lowest BCUT2D eigenvalue weighted by atomic mass is 10.3. The average molecular weight is 487 g/mol. The second-order valence-electron chi connectivity index (χ2n) is 6.44. The van der Waals surface area contributed by atoms with Crippen molar-refractivity contribution in [1.29, 1.82) is 0 Å². The highest BCUT2D eigenvalue weighted by atomic mass is 127. The lowest BCUT2D eigenvalue weighted by Crippen LogP contribution is -2.39. The minimum atomic E-state index is 0. The standard InChI is InChI=1S/C19H29N5O2.HI/c1-15-23-17-6-3-4-7-18(17)24(15)11-10-22-19(20-2)21-9-5-12-26-16-8-13-25-14-16;/h3-4,6-7,16H,5,8-14H2,1-2H3,(H2,20,21,22);1H. The van der Waals surface area contributed by atoms with Gasteiger partial charge < -0.3 is 24.7 Å². The van der Waals surface area contributed by atoms with E-state index in [1.165, 1.54) is 5.52 Å². The SMILES string of the molecule is CN=C(NCCCOC1CCOC1)NCCn1c(C)nc2ccccc21.I. The Morgan fingerprint density at radius 1 is 1.33 bits per heavy atom. The summed E-state index contributed by atoms with van der Waals surface area (Å²) in [7, 11) is 1.79. The Balaban J connectivity index is 0.00000261. The topological polar surface area (TPSA) is 72.7 Å². The molecule has 3 rings (SSSR count). The van der Waals surface area contributed by atoms with Crippen LogP contribution in [0, 0.1) is 6.92 Å². The van der Waals surface area contributed by atoms with Gasteiger partial charge in [0.05, 0.1) is 23.7 Å². The summed E-state index contributed by atoms with van der Waals surface area (Å²) in [5, 5.41) is 6.69. The Labute approximate surface area is 177 Å². The van der Waals surface area contributed by atoms with Gasteiger partial charge in [0, 0.05) is 39.9 Å². The van der Waals surface area contributed by atoms with E-state index in [1.807, 2.05) is 25.1 Å². The summed E-state index contributed by atoms with van der Waals surface area (Å²) in [6, 6.07) is 8.23. The molecule has 0 amide bonds. The maximum Gasteiger partial charge on any atom is 0.191 e. The molecule has 8 heteroatoms. The van der Waals surface area contributed by atoms with E-state index in [2.05, 4.69) is 31.2 Å². The Bertz CT molecular complexity index is 728. The number of nitrogens with zero attached hydrogens (tertiary/aromatic N) is 3. The number of aromatic nitrogens is 2. The molecule has 1 aromatic carbocycles. The minimum absolute atomic E-state index is 0. The number of halogens is 1. The molecule has 1 aliphatic rings. The van der Waals surface area contributed by atoms with Gasteiger partial charge in [-0.3, -0.25) is 4.99 Å². The van der Waals surface area contributed by atoms with Gasteiger partial charge >= 0.3 is 0 Å². The Morgan fingerprint density at radius 3 is 2.93 bits per heavy atom. The molecule has 0 spiro atoms. The van der Waals surface area contributed by atoms with Crippen LogP contribution < -0.4 is 10.6 Å². The van der Waals surface area contributed by atoms with Crippen molar-refractivity contribution in [3.63, 3.8) is 0 Å². The molecule has 2 heterocycles. The number of aliphatic imine (C=N–C) groups is 1. The van der Waals surface area contributed by atoms with Crippen molar-refractivity contribution in [1.82, 2.24) is 20.2 Å². The van der Waals surface area contributed by atoms with E-state index >= 15 is 0 Å². The Morgan fingerprint density at radius 2 is 2.15 bits per heavy atom. The van der Waals surface area contributed by atoms with Crippen LogP contribution in [0.4, 0.5) is 0 Å². The first kappa shape index (κ1) is 21.9. The fraction of sp³-hybridized carbons (Fsp3) is 0.579. The molecule has 0 aliphatic carbocycles. The van der Waals surface area contributed by atoms with Gasteiger partial charge in [0.1, 0.15) is 5.82 Å². The highest BCUT2D eigenvalue weighted by Gasteiger charge is 2.15. The van der Waals surface area contributed by atoms with E-state index in [9.17, 15) is 0 Å². The molecule has 150 valence electrons. The van der Waals surface area contributed by atoms with Gasteiger partial charge in [0.2, 0.25) is 0 Å². The Hall–Kier alpha value is -1.39. The van der Waals surface area contributed by atoms with Crippen LogP contribution >= 0.6 is 24.0 Å². The fourth-order valence-electron chi connectivity index (χ4n) is 3.16. The maximum atomic E-state index is 5.77. The second kappa shape index (κ2) is 11.5. The number of guanidine groups is 1. The number of hydrogen-bond donors (Lipinski definition) is 2. The number of nitrogens with one attached hydrogen (secondary N) is 2. The number of para-hydroxylation sites is 2. The van der Waals surface area contributed by atoms with E-state index in [-0.39, 0.29) is 30.1 Å². The van der Waals surface area contributed by atoms with Crippen molar-refractivity contribution in [2.45, 2.75) is 32.4 Å². The van der Waals surface area contributed by atoms with Gasteiger partial charge in [-0.1, -0.05) is 12.1 Å². The van der Waals surface area contributed by atoms with Gasteiger partial charge in [-0.15, -0.1) is 24.0 Å². The summed E-state index contributed by atoms with van der Waals surface area (Å²) in [6.07, 6.45) is 2.24. The number of fused-ring (bicyclic) bond motifs is 1. The van der Waals surface area contributed by atoms with Gasteiger partial charge in [-0.2, -0.15) is 0 Å². The van der Waals surface area contributed by atoms with Crippen LogP contribution in [-0.2, 0) is 16.0 Å². The van der Waals surface area contributed by atoms with E-state index < -0.39 is 0 Å². The third kappa shape index (κ3) is 6.32. The molecule has 27 heavy (non-hydrogen) atoms. The molecule has 1 saturated heterocycles. The quantitative estimate of drug-likeness (QED) is 0.259. The van der Waals surface area contributed by atoms with Gasteiger partial charge in [-0.25, -0.2) is 4.98 Å². The number of aryl methyl sites for hydroxylation is 1. The molecule has 0 saturated carbocycles. The van der Waals surface area contributed by atoms with Gasteiger partial charge in [0.15, 0.2) is 5.96 Å². The first-order chi connectivity index (χ1) is 12.8. The maximum absolute atomic E-state index is 5.77. The van der Waals surface area contributed by atoms with Crippen LogP contribution in [0.3, 0.4) is 0 Å². The van der Waals surface area contributed by atoms with E-state index in [4.69, 9.17) is 9.47 Å². The van der Waals surface area contributed by atoms with Crippen LogP contribution in [-0.4, -0.2) is 61.6 Å². The van der Waals surface area contributed by atoms with Gasteiger partial charge in [0.25, 0.3) is 0 Å². The zero-order valence-electron chi connectivity index (χ0n) is 16.1. The minimum Gasteiger partial charge on any atom is -0.379 e. The molecule has 2 aromatic rings. The molecule has 1 atom stereocenters. The normalized spacial score (nSPS) is 17.1. The highest BCUT2D eigenvalue weighted by Crippen LogP contribution is 2.14. The van der Waals surface area contributed by atoms with Crippen molar-refractivity contribution < 1.29 is 9.47 Å². The molecule has 1 unspecified atom stereocenters. The lowest BCUT2D eigenvalue weighted by molar-refractivity contribution is 0.0420. The number of rotatable bonds is 8. The molecular weight excluding hydrogens is 457 g/mol. The third-order valence-corrected chi connectivity index (χ3v) is 4.55. The first-order valence-corrected chi connectivity index (χ1v) is 9.33. The van der Waals surface area contributed by atoms with E-state index in [0.29, 0.717) is 0 Å². The lowest BCUT2D eigenvalue weighted by Gasteiger charge is -2.14. The number of hydrogen-bond acceptors (Lipinski definition) is 4. The molecule has 1 aliphatic heterocycles. The summed E-state index contributed by atoms with van der Waals surface area (Å²) in [4.78, 5) is 8.88. The van der Waals surface area contributed by atoms with Crippen molar-refractivity contribution >= 4 is 41.0 Å². The molecule has 2 N–H and O–H groups in total. The fourth-order valence-corrected chi connectivity index (χ4v) is 3.16. The zero-order valence-corrected chi connectivity index (χ0v) is 18.4. The summed E-state index contributed by atoms with van der Waals surface area (Å²) >= 11 is 0. The van der Waals surface area contributed by atoms with Crippen LogP contribution in [0.5, 0.6) is 0 Å².